The van der Waals surface area contributed by atoms with Crippen LogP contribution in [0.15, 0.2) is 12.4 Å². The SMILES string of the molecule is CC1(C)OB(c2cnn(C3CCN(C(=O)C4CCOCC4)CC3)c2)OC1(C)C. The third kappa shape index (κ3) is 3.74. The van der Waals surface area contributed by atoms with Gasteiger partial charge in [-0.2, -0.15) is 5.10 Å². The first kappa shape index (κ1) is 19.9. The molecule has 1 aromatic heterocycles. The standard InChI is InChI=1S/C20H32BN3O4/c1-19(2)20(3,4)28-21(27-19)16-13-22-24(14-16)17-5-9-23(10-6-17)18(25)15-7-11-26-12-8-15/h13-15,17H,5-12H2,1-4H3. The van der Waals surface area contributed by atoms with Crippen LogP contribution in [0.4, 0.5) is 0 Å². The van der Waals surface area contributed by atoms with Gasteiger partial charge in [0.2, 0.25) is 5.91 Å². The van der Waals surface area contributed by atoms with E-state index in [0.29, 0.717) is 25.2 Å². The quantitative estimate of drug-likeness (QED) is 0.738. The molecule has 1 amide bonds. The van der Waals surface area contributed by atoms with Crippen molar-refractivity contribution < 1.29 is 18.8 Å². The monoisotopic (exact) mass is 389 g/mol. The molecule has 3 aliphatic rings. The second-order valence-electron chi connectivity index (χ2n) is 9.29. The number of hydrogen-bond donors (Lipinski definition) is 0. The lowest BCUT2D eigenvalue weighted by atomic mass is 9.82. The van der Waals surface area contributed by atoms with Gasteiger partial charge in [-0.3, -0.25) is 9.48 Å². The zero-order valence-corrected chi connectivity index (χ0v) is 17.5. The Bertz CT molecular complexity index is 690. The summed E-state index contributed by atoms with van der Waals surface area (Å²) in [4.78, 5) is 14.7. The fourth-order valence-electron chi connectivity index (χ4n) is 4.21. The van der Waals surface area contributed by atoms with E-state index >= 15 is 0 Å². The lowest BCUT2D eigenvalue weighted by Crippen LogP contribution is -2.43. The summed E-state index contributed by atoms with van der Waals surface area (Å²) in [7, 11) is -0.381. The summed E-state index contributed by atoms with van der Waals surface area (Å²) >= 11 is 0. The van der Waals surface area contributed by atoms with Crippen LogP contribution in [0.25, 0.3) is 0 Å². The zero-order chi connectivity index (χ0) is 19.9. The Morgan fingerprint density at radius 1 is 1.07 bits per heavy atom. The number of nitrogens with zero attached hydrogens (tertiary/aromatic N) is 3. The molecule has 0 saturated carbocycles. The van der Waals surface area contributed by atoms with E-state index in [0.717, 1.165) is 44.2 Å². The smallest absolute Gasteiger partial charge is 0.399 e. The van der Waals surface area contributed by atoms with E-state index in [9.17, 15) is 4.79 Å². The maximum atomic E-state index is 12.7. The lowest BCUT2D eigenvalue weighted by Gasteiger charge is -2.35. The molecule has 0 N–H and O–H groups in total. The first-order valence-corrected chi connectivity index (χ1v) is 10.5. The molecule has 3 aliphatic heterocycles. The molecular formula is C20H32BN3O4. The maximum Gasteiger partial charge on any atom is 0.498 e. The summed E-state index contributed by atoms with van der Waals surface area (Å²) in [6.07, 6.45) is 7.47. The Morgan fingerprint density at radius 2 is 1.68 bits per heavy atom. The van der Waals surface area contributed by atoms with Crippen LogP contribution in [0.2, 0.25) is 0 Å². The number of amides is 1. The highest BCUT2D eigenvalue weighted by atomic mass is 16.7. The lowest BCUT2D eigenvalue weighted by molar-refractivity contribution is -0.139. The van der Waals surface area contributed by atoms with E-state index in [1.54, 1.807) is 0 Å². The summed E-state index contributed by atoms with van der Waals surface area (Å²) < 4.78 is 19.7. The van der Waals surface area contributed by atoms with E-state index in [1.165, 1.54) is 0 Å². The molecule has 28 heavy (non-hydrogen) atoms. The summed E-state index contributed by atoms with van der Waals surface area (Å²) in [5.74, 6) is 0.449. The van der Waals surface area contributed by atoms with E-state index in [2.05, 4.69) is 32.8 Å². The van der Waals surface area contributed by atoms with Crippen molar-refractivity contribution in [2.24, 2.45) is 5.92 Å². The van der Waals surface area contributed by atoms with Crippen LogP contribution in [-0.2, 0) is 18.8 Å². The molecule has 154 valence electrons. The summed E-state index contributed by atoms with van der Waals surface area (Å²) in [6.45, 7) is 11.2. The first-order valence-electron chi connectivity index (χ1n) is 10.5. The molecule has 3 saturated heterocycles. The topological polar surface area (TPSA) is 65.8 Å². The molecule has 0 unspecified atom stereocenters. The number of piperidine rings is 1. The van der Waals surface area contributed by atoms with Gasteiger partial charge in [0, 0.05) is 50.1 Å². The predicted molar refractivity (Wildman–Crippen MR) is 106 cm³/mol. The molecule has 4 heterocycles. The number of carbonyl (C=O) groups is 1. The number of likely N-dealkylation sites (tertiary alicyclic amines) is 1. The molecule has 0 aliphatic carbocycles. The van der Waals surface area contributed by atoms with Crippen molar-refractivity contribution in [3.63, 3.8) is 0 Å². The Hall–Kier alpha value is -1.38. The zero-order valence-electron chi connectivity index (χ0n) is 17.5. The number of rotatable bonds is 3. The predicted octanol–water partition coefficient (Wildman–Crippen LogP) is 1.77. The van der Waals surface area contributed by atoms with Gasteiger partial charge in [-0.1, -0.05) is 0 Å². The van der Waals surface area contributed by atoms with Gasteiger partial charge in [0.25, 0.3) is 0 Å². The Balaban J connectivity index is 1.34. The minimum atomic E-state index is -0.381. The molecule has 4 rings (SSSR count). The van der Waals surface area contributed by atoms with Crippen molar-refractivity contribution in [3.05, 3.63) is 12.4 Å². The van der Waals surface area contributed by atoms with Crippen molar-refractivity contribution in [2.75, 3.05) is 26.3 Å². The van der Waals surface area contributed by atoms with Crippen molar-refractivity contribution in [3.8, 4) is 0 Å². The molecule has 0 aromatic carbocycles. The average molecular weight is 389 g/mol. The van der Waals surface area contributed by atoms with Crippen LogP contribution < -0.4 is 5.46 Å². The number of aromatic nitrogens is 2. The Labute approximate surface area is 167 Å². The van der Waals surface area contributed by atoms with Gasteiger partial charge < -0.3 is 18.9 Å². The van der Waals surface area contributed by atoms with E-state index in [-0.39, 0.29) is 24.2 Å². The highest BCUT2D eigenvalue weighted by Gasteiger charge is 2.52. The number of hydrogen-bond acceptors (Lipinski definition) is 5. The fraction of sp³-hybridized carbons (Fsp3) is 0.800. The molecule has 8 heteroatoms. The van der Waals surface area contributed by atoms with Gasteiger partial charge in [-0.15, -0.1) is 0 Å². The highest BCUT2D eigenvalue weighted by Crippen LogP contribution is 2.36. The van der Waals surface area contributed by atoms with Gasteiger partial charge in [0.05, 0.1) is 17.2 Å². The minimum absolute atomic E-state index is 0.143. The molecule has 0 bridgehead atoms. The van der Waals surface area contributed by atoms with Crippen LogP contribution in [0.3, 0.4) is 0 Å². The number of ether oxygens (including phenoxy) is 1. The average Bonchev–Trinajstić information content (AvgIpc) is 3.25. The van der Waals surface area contributed by atoms with Crippen LogP contribution in [-0.4, -0.2) is 65.2 Å². The third-order valence-electron chi connectivity index (χ3n) is 6.87. The molecule has 3 fully saturated rings. The van der Waals surface area contributed by atoms with Crippen LogP contribution >= 0.6 is 0 Å². The van der Waals surface area contributed by atoms with Crippen LogP contribution in [0, 0.1) is 5.92 Å². The number of carbonyl (C=O) groups excluding carboxylic acids is 1. The van der Waals surface area contributed by atoms with Crippen LogP contribution in [0.1, 0.15) is 59.4 Å². The normalized spacial score (nSPS) is 26.0. The largest absolute Gasteiger partial charge is 0.498 e. The van der Waals surface area contributed by atoms with E-state index in [1.807, 2.05) is 22.0 Å². The minimum Gasteiger partial charge on any atom is -0.399 e. The first-order chi connectivity index (χ1) is 13.3. The van der Waals surface area contributed by atoms with Gasteiger partial charge in [0.1, 0.15) is 0 Å². The van der Waals surface area contributed by atoms with Crippen molar-refractivity contribution in [1.29, 1.82) is 0 Å². The third-order valence-corrected chi connectivity index (χ3v) is 6.87. The second kappa shape index (κ2) is 7.46. The Kier molecular flexibility index (Phi) is 5.31. The molecule has 0 radical (unpaired) electrons. The summed E-state index contributed by atoms with van der Waals surface area (Å²) in [5.41, 5.74) is 0.255. The molecule has 7 nitrogen and oxygen atoms in total. The van der Waals surface area contributed by atoms with E-state index in [4.69, 9.17) is 14.0 Å². The van der Waals surface area contributed by atoms with E-state index < -0.39 is 0 Å². The second-order valence-corrected chi connectivity index (χ2v) is 9.29. The summed E-state index contributed by atoms with van der Waals surface area (Å²) in [6, 6.07) is 0.315. The Morgan fingerprint density at radius 3 is 2.29 bits per heavy atom. The fourth-order valence-corrected chi connectivity index (χ4v) is 4.21. The molecule has 1 aromatic rings. The molecule has 0 spiro atoms. The summed E-state index contributed by atoms with van der Waals surface area (Å²) in [5, 5.41) is 4.58. The van der Waals surface area contributed by atoms with Gasteiger partial charge in [-0.05, 0) is 53.4 Å². The maximum absolute atomic E-state index is 12.7. The van der Waals surface area contributed by atoms with Crippen LogP contribution in [0.5, 0.6) is 0 Å². The van der Waals surface area contributed by atoms with Crippen molar-refractivity contribution in [1.82, 2.24) is 14.7 Å². The highest BCUT2D eigenvalue weighted by molar-refractivity contribution is 6.62. The van der Waals surface area contributed by atoms with Crippen molar-refractivity contribution >= 4 is 18.5 Å². The van der Waals surface area contributed by atoms with Crippen molar-refractivity contribution in [2.45, 2.75) is 70.6 Å². The van der Waals surface area contributed by atoms with Gasteiger partial charge in [-0.25, -0.2) is 0 Å². The van der Waals surface area contributed by atoms with Gasteiger partial charge in [0.15, 0.2) is 0 Å². The molecular weight excluding hydrogens is 357 g/mol. The molecule has 0 atom stereocenters. The van der Waals surface area contributed by atoms with Gasteiger partial charge >= 0.3 is 7.12 Å².